The zero-order valence-corrected chi connectivity index (χ0v) is 26.6. The van der Waals surface area contributed by atoms with Gasteiger partial charge in [-0.25, -0.2) is 9.79 Å². The first-order chi connectivity index (χ1) is 21.4. The molecule has 10 heteroatoms. The largest absolute Gasteiger partial charge is 0.493 e. The third-order valence-corrected chi connectivity index (χ3v) is 9.42. The molecule has 4 N–H and O–H groups in total. The molecule has 5 atom stereocenters. The quantitative estimate of drug-likeness (QED) is 0.346. The molecule has 1 aliphatic carbocycles. The molecular weight excluding hydrogens is 572 g/mol. The number of nitrogens with one attached hydrogen (secondary N) is 2. The summed E-state index contributed by atoms with van der Waals surface area (Å²) in [5, 5.41) is 28.5. The number of alkyl carbamates (subject to hydrolysis) is 1. The third kappa shape index (κ3) is 6.23. The van der Waals surface area contributed by atoms with Crippen LogP contribution in [0.25, 0.3) is 5.57 Å². The summed E-state index contributed by atoms with van der Waals surface area (Å²) in [4.78, 5) is 34.0. The lowest BCUT2D eigenvalue weighted by Crippen LogP contribution is -2.56. The van der Waals surface area contributed by atoms with Crippen molar-refractivity contribution in [3.63, 3.8) is 0 Å². The molecule has 4 heterocycles. The molecule has 1 unspecified atom stereocenters. The fourth-order valence-electron chi connectivity index (χ4n) is 7.05. The molecule has 7 rings (SSSR count). The molecular formula is C35H44N4O6. The van der Waals surface area contributed by atoms with E-state index < -0.39 is 41.6 Å². The summed E-state index contributed by atoms with van der Waals surface area (Å²) >= 11 is 0. The van der Waals surface area contributed by atoms with Crippen molar-refractivity contribution in [3.05, 3.63) is 70.8 Å². The Kier molecular flexibility index (Phi) is 8.26. The topological polar surface area (TPSA) is 133 Å². The maximum Gasteiger partial charge on any atom is 0.414 e. The Labute approximate surface area is 264 Å². The van der Waals surface area contributed by atoms with E-state index in [-0.39, 0.29) is 18.3 Å². The highest BCUT2D eigenvalue weighted by atomic mass is 16.6. The smallest absolute Gasteiger partial charge is 0.414 e. The number of aliphatic hydroxyl groups excluding tert-OH is 2. The summed E-state index contributed by atoms with van der Waals surface area (Å²) in [5.74, 6) is 0.621. The van der Waals surface area contributed by atoms with E-state index in [0.29, 0.717) is 55.6 Å². The summed E-state index contributed by atoms with van der Waals surface area (Å²) in [5.41, 5.74) is 3.77. The number of carbonyl (C=O) groups is 2. The van der Waals surface area contributed by atoms with Gasteiger partial charge in [0, 0.05) is 18.4 Å². The van der Waals surface area contributed by atoms with Gasteiger partial charge in [-0.1, -0.05) is 31.7 Å². The Morgan fingerprint density at radius 2 is 2.02 bits per heavy atom. The van der Waals surface area contributed by atoms with Crippen LogP contribution in [-0.2, 0) is 16.0 Å². The van der Waals surface area contributed by atoms with Crippen LogP contribution >= 0.6 is 0 Å². The van der Waals surface area contributed by atoms with Crippen LogP contribution in [0.4, 0.5) is 4.79 Å². The number of amides is 2. The van der Waals surface area contributed by atoms with Gasteiger partial charge in [-0.3, -0.25) is 20.3 Å². The first-order valence-electron chi connectivity index (χ1n) is 16.0. The molecule has 0 spiro atoms. The Morgan fingerprint density at radius 1 is 1.22 bits per heavy atom. The van der Waals surface area contributed by atoms with Crippen LogP contribution in [0.1, 0.15) is 112 Å². The molecule has 2 aromatic carbocycles. The summed E-state index contributed by atoms with van der Waals surface area (Å²) in [6, 6.07) is 10.6. The van der Waals surface area contributed by atoms with E-state index in [1.54, 1.807) is 37.8 Å². The minimum atomic E-state index is -1.10. The monoisotopic (exact) mass is 616 g/mol. The fourth-order valence-corrected chi connectivity index (χ4v) is 7.05. The SMILES string of the molecule is C=C1CCC[C@]2(CC)CC(=O)N(C(NC(=O)OC(C)(C)C)=N2)[C@@H]2CCOc3ccc(cc32)C(O)N[C@@H]2c3cc1ccc3C[C@H]2O. The number of nitrogens with zero attached hydrogens (tertiary/aromatic N) is 2. The molecule has 45 heavy (non-hydrogen) atoms. The van der Waals surface area contributed by atoms with Gasteiger partial charge in [-0.05, 0) is 92.5 Å². The standard InChI is InChI=1S/C35H44N4O6/c1-6-35-14-7-8-20(2)21-9-10-22-18-27(40)30(24(22)16-21)36-31(42)23-11-12-28-25(17-23)26(13-15-44-28)39(29(41)19-35)32(38-35)37-33(43)45-34(3,4)5/h9-12,16-17,26-27,30-31,36,40,42H,2,6-8,13-15,18-19H2,1,3-5H3,(H,37,38,43)/t26-,27-,30-,31?,35-/m1/s1. The van der Waals surface area contributed by atoms with Crippen LogP contribution in [0, 0.1) is 0 Å². The van der Waals surface area contributed by atoms with E-state index in [2.05, 4.69) is 23.3 Å². The van der Waals surface area contributed by atoms with Crippen molar-refractivity contribution in [2.45, 2.75) is 108 Å². The van der Waals surface area contributed by atoms with E-state index in [0.717, 1.165) is 28.7 Å². The van der Waals surface area contributed by atoms with Gasteiger partial charge in [0.25, 0.3) is 0 Å². The molecule has 5 aliphatic rings. The molecule has 10 nitrogen and oxygen atoms in total. The number of aliphatic hydroxyl groups is 2. The van der Waals surface area contributed by atoms with Crippen LogP contribution in [-0.4, -0.2) is 56.9 Å². The third-order valence-electron chi connectivity index (χ3n) is 9.42. The zero-order valence-electron chi connectivity index (χ0n) is 26.6. The van der Waals surface area contributed by atoms with Crippen molar-refractivity contribution >= 4 is 23.5 Å². The minimum Gasteiger partial charge on any atom is -0.493 e. The molecule has 0 saturated heterocycles. The molecule has 0 aromatic heterocycles. The average molecular weight is 617 g/mol. The van der Waals surface area contributed by atoms with Gasteiger partial charge in [0.15, 0.2) is 0 Å². The number of carbonyl (C=O) groups excluding carboxylic acids is 2. The molecule has 2 aromatic rings. The summed E-state index contributed by atoms with van der Waals surface area (Å²) in [6.07, 6.45) is 1.36. The van der Waals surface area contributed by atoms with Crippen LogP contribution in [0.5, 0.6) is 5.75 Å². The van der Waals surface area contributed by atoms with Gasteiger partial charge in [-0.2, -0.15) is 0 Å². The molecule has 4 aliphatic heterocycles. The predicted molar refractivity (Wildman–Crippen MR) is 170 cm³/mol. The summed E-state index contributed by atoms with van der Waals surface area (Å²) in [6.45, 7) is 12.1. The Bertz CT molecular complexity index is 1550. The first kappa shape index (κ1) is 31.3. The molecule has 6 bridgehead atoms. The number of benzene rings is 2. The van der Waals surface area contributed by atoms with Crippen LogP contribution in [0.2, 0.25) is 0 Å². The van der Waals surface area contributed by atoms with Crippen molar-refractivity contribution < 1.29 is 29.3 Å². The van der Waals surface area contributed by atoms with Crippen molar-refractivity contribution in [1.82, 2.24) is 15.5 Å². The second kappa shape index (κ2) is 11.9. The van der Waals surface area contributed by atoms with E-state index >= 15 is 0 Å². The highest BCUT2D eigenvalue weighted by Crippen LogP contribution is 2.43. The number of allylic oxidation sites excluding steroid dienone is 1. The Hall–Kier alpha value is -3.73. The van der Waals surface area contributed by atoms with Crippen molar-refractivity contribution in [2.75, 3.05) is 6.61 Å². The lowest BCUT2D eigenvalue weighted by molar-refractivity contribution is -0.132. The van der Waals surface area contributed by atoms with E-state index in [4.69, 9.17) is 14.5 Å². The normalized spacial score (nSPS) is 28.1. The van der Waals surface area contributed by atoms with Gasteiger partial charge in [-0.15, -0.1) is 0 Å². The summed E-state index contributed by atoms with van der Waals surface area (Å²) < 4.78 is 11.6. The zero-order chi connectivity index (χ0) is 32.1. The second-order valence-electron chi connectivity index (χ2n) is 13.7. The van der Waals surface area contributed by atoms with E-state index in [1.165, 1.54) is 0 Å². The maximum atomic E-state index is 14.2. The Balaban J connectivity index is 1.45. The number of hydrogen-bond donors (Lipinski definition) is 4. The van der Waals surface area contributed by atoms with Gasteiger partial charge in [0.1, 0.15) is 17.6 Å². The van der Waals surface area contributed by atoms with E-state index in [9.17, 15) is 19.8 Å². The number of rotatable bonds is 1. The highest BCUT2D eigenvalue weighted by molar-refractivity contribution is 6.05. The van der Waals surface area contributed by atoms with Crippen LogP contribution in [0.3, 0.4) is 0 Å². The Morgan fingerprint density at radius 3 is 2.78 bits per heavy atom. The molecule has 0 fully saturated rings. The van der Waals surface area contributed by atoms with Crippen molar-refractivity contribution in [2.24, 2.45) is 4.99 Å². The van der Waals surface area contributed by atoms with Gasteiger partial charge < -0.3 is 19.7 Å². The number of aliphatic imine (C=N–C) groups is 1. The van der Waals surface area contributed by atoms with Crippen LogP contribution < -0.4 is 15.4 Å². The van der Waals surface area contributed by atoms with Crippen molar-refractivity contribution in [1.29, 1.82) is 0 Å². The molecule has 2 amide bonds. The number of fused-ring (bicyclic) bond motifs is 5. The first-order valence-corrected chi connectivity index (χ1v) is 16.0. The van der Waals surface area contributed by atoms with Gasteiger partial charge in [0.2, 0.25) is 11.9 Å². The van der Waals surface area contributed by atoms with Crippen LogP contribution in [0.15, 0.2) is 48.0 Å². The average Bonchev–Trinajstić information content (AvgIpc) is 3.28. The second-order valence-corrected chi connectivity index (χ2v) is 13.7. The number of hydrogen-bond acceptors (Lipinski definition) is 8. The minimum absolute atomic E-state index is 0.144. The van der Waals surface area contributed by atoms with E-state index in [1.807, 2.05) is 25.1 Å². The van der Waals surface area contributed by atoms with Gasteiger partial charge >= 0.3 is 6.09 Å². The number of guanidine groups is 1. The number of ether oxygens (including phenoxy) is 2. The predicted octanol–water partition coefficient (Wildman–Crippen LogP) is 5.21. The lowest BCUT2D eigenvalue weighted by atomic mass is 9.83. The lowest BCUT2D eigenvalue weighted by Gasteiger charge is -2.43. The van der Waals surface area contributed by atoms with Crippen molar-refractivity contribution in [3.8, 4) is 5.75 Å². The summed E-state index contributed by atoms with van der Waals surface area (Å²) in [7, 11) is 0. The highest BCUT2D eigenvalue weighted by Gasteiger charge is 2.44. The fraction of sp³-hybridized carbons (Fsp3) is 0.514. The maximum absolute atomic E-state index is 14.2. The van der Waals surface area contributed by atoms with Gasteiger partial charge in [0.05, 0.1) is 36.8 Å². The molecule has 0 saturated carbocycles. The molecule has 0 radical (unpaired) electrons. The molecule has 240 valence electrons.